The van der Waals surface area contributed by atoms with Crippen molar-refractivity contribution in [1.29, 1.82) is 0 Å². The fourth-order valence-electron chi connectivity index (χ4n) is 2.92. The van der Waals surface area contributed by atoms with Gasteiger partial charge in [-0.25, -0.2) is 4.99 Å². The molecule has 2 atom stereocenters. The van der Waals surface area contributed by atoms with Crippen LogP contribution in [-0.4, -0.2) is 55.3 Å². The van der Waals surface area contributed by atoms with E-state index < -0.39 is 0 Å². The SMILES string of the molecule is COc1ccc(-c2nnc(NC3=NC4=CC(OC)C(OC)C=C4SC3)o2)cc1. The van der Waals surface area contributed by atoms with Crippen LogP contribution < -0.4 is 10.1 Å². The van der Waals surface area contributed by atoms with Crippen LogP contribution in [0.2, 0.25) is 0 Å². The second-order valence-electron chi connectivity index (χ2n) is 6.10. The van der Waals surface area contributed by atoms with Crippen LogP contribution in [0.25, 0.3) is 11.5 Å². The van der Waals surface area contributed by atoms with E-state index in [4.69, 9.17) is 18.6 Å². The molecule has 0 amide bonds. The van der Waals surface area contributed by atoms with Gasteiger partial charge in [0.15, 0.2) is 0 Å². The van der Waals surface area contributed by atoms with Crippen LogP contribution >= 0.6 is 11.8 Å². The number of methoxy groups -OCH3 is 3. The van der Waals surface area contributed by atoms with Crippen LogP contribution in [0.5, 0.6) is 5.75 Å². The minimum atomic E-state index is -0.169. The van der Waals surface area contributed by atoms with Gasteiger partial charge in [-0.05, 0) is 36.4 Å². The molecule has 0 saturated heterocycles. The number of hydrogen-bond donors (Lipinski definition) is 1. The van der Waals surface area contributed by atoms with E-state index in [-0.39, 0.29) is 12.2 Å². The average Bonchev–Trinajstić information content (AvgIpc) is 3.21. The van der Waals surface area contributed by atoms with Gasteiger partial charge in [0, 0.05) is 24.7 Å². The van der Waals surface area contributed by atoms with Crippen LogP contribution in [0.4, 0.5) is 6.01 Å². The Bertz CT molecular complexity index is 936. The number of aliphatic imine (C=N–C) groups is 1. The lowest BCUT2D eigenvalue weighted by atomic mass is 10.1. The molecule has 2 aromatic rings. The third-order valence-electron chi connectivity index (χ3n) is 4.39. The second-order valence-corrected chi connectivity index (χ2v) is 7.11. The zero-order valence-corrected chi connectivity index (χ0v) is 16.5. The van der Waals surface area contributed by atoms with E-state index in [1.54, 1.807) is 33.1 Å². The zero-order valence-electron chi connectivity index (χ0n) is 15.7. The standard InChI is InChI=1S/C19H20N4O4S/c1-24-12-6-4-11(5-7-12)18-22-23-19(27-18)21-17-10-28-16-9-15(26-3)14(25-2)8-13(16)20-17/h4-9,14-15H,10H2,1-3H3,(H,20,21,23). The van der Waals surface area contributed by atoms with Crippen molar-refractivity contribution in [2.24, 2.45) is 4.99 Å². The van der Waals surface area contributed by atoms with Crippen molar-refractivity contribution in [3.63, 3.8) is 0 Å². The summed E-state index contributed by atoms with van der Waals surface area (Å²) in [6.45, 7) is 0. The molecular formula is C19H20N4O4S. The number of amidine groups is 1. The number of nitrogens with one attached hydrogen (secondary N) is 1. The third kappa shape index (κ3) is 3.82. The van der Waals surface area contributed by atoms with E-state index in [2.05, 4.69) is 20.5 Å². The summed E-state index contributed by atoms with van der Waals surface area (Å²) < 4.78 is 21.8. The maximum Gasteiger partial charge on any atom is 0.321 e. The highest BCUT2D eigenvalue weighted by molar-refractivity contribution is 8.04. The molecular weight excluding hydrogens is 380 g/mol. The van der Waals surface area contributed by atoms with Gasteiger partial charge in [0.05, 0.1) is 18.6 Å². The molecule has 2 heterocycles. The highest BCUT2D eigenvalue weighted by Crippen LogP contribution is 2.35. The van der Waals surface area contributed by atoms with Gasteiger partial charge in [0.1, 0.15) is 23.8 Å². The number of rotatable bonds is 5. The van der Waals surface area contributed by atoms with Crippen LogP contribution in [0.3, 0.4) is 0 Å². The van der Waals surface area contributed by atoms with E-state index in [0.29, 0.717) is 17.7 Å². The summed E-state index contributed by atoms with van der Waals surface area (Å²) in [7, 11) is 4.95. The monoisotopic (exact) mass is 400 g/mol. The Labute approximate surface area is 166 Å². The van der Waals surface area contributed by atoms with Gasteiger partial charge in [-0.3, -0.25) is 5.32 Å². The molecule has 0 radical (unpaired) electrons. The molecule has 2 aliphatic rings. The first kappa shape index (κ1) is 18.7. The predicted octanol–water partition coefficient (Wildman–Crippen LogP) is 3.11. The number of thioether (sulfide) groups is 1. The molecule has 0 spiro atoms. The van der Waals surface area contributed by atoms with E-state index in [9.17, 15) is 0 Å². The molecule has 146 valence electrons. The van der Waals surface area contributed by atoms with Gasteiger partial charge in [-0.15, -0.1) is 16.9 Å². The van der Waals surface area contributed by atoms with Crippen molar-refractivity contribution >= 4 is 23.6 Å². The molecule has 0 bridgehead atoms. The number of benzene rings is 1. The highest BCUT2D eigenvalue weighted by Gasteiger charge is 2.28. The number of nitrogens with zero attached hydrogens (tertiary/aromatic N) is 3. The summed E-state index contributed by atoms with van der Waals surface area (Å²) in [5, 5.41) is 11.3. The number of fused-ring (bicyclic) bond motifs is 1. The Balaban J connectivity index is 1.49. The van der Waals surface area contributed by atoms with Gasteiger partial charge in [-0.2, -0.15) is 0 Å². The Morgan fingerprint density at radius 1 is 1.04 bits per heavy atom. The smallest absolute Gasteiger partial charge is 0.321 e. The normalized spacial score (nSPS) is 21.3. The first-order valence-corrected chi connectivity index (χ1v) is 9.63. The number of hydrogen-bond acceptors (Lipinski definition) is 9. The molecule has 1 aliphatic heterocycles. The topological polar surface area (TPSA) is 91.0 Å². The molecule has 4 rings (SSSR count). The van der Waals surface area contributed by atoms with E-state index >= 15 is 0 Å². The number of ether oxygens (including phenoxy) is 3. The molecule has 2 unspecified atom stereocenters. The largest absolute Gasteiger partial charge is 0.497 e. The van der Waals surface area contributed by atoms with Crippen LogP contribution in [0, 0.1) is 0 Å². The van der Waals surface area contributed by atoms with Gasteiger partial charge in [-0.1, -0.05) is 5.10 Å². The molecule has 1 aromatic heterocycles. The van der Waals surface area contributed by atoms with Gasteiger partial charge in [0.25, 0.3) is 0 Å². The quantitative estimate of drug-likeness (QED) is 0.819. The van der Waals surface area contributed by atoms with E-state index in [1.807, 2.05) is 36.4 Å². The van der Waals surface area contributed by atoms with Crippen LogP contribution in [-0.2, 0) is 9.47 Å². The summed E-state index contributed by atoms with van der Waals surface area (Å²) in [6.07, 6.45) is 3.73. The zero-order chi connectivity index (χ0) is 19.5. The summed E-state index contributed by atoms with van der Waals surface area (Å²) in [5.74, 6) is 2.60. The van der Waals surface area contributed by atoms with Gasteiger partial charge in [0.2, 0.25) is 5.89 Å². The van der Waals surface area contributed by atoms with Crippen LogP contribution in [0.1, 0.15) is 0 Å². The summed E-state index contributed by atoms with van der Waals surface area (Å²) in [6, 6.07) is 7.72. The lowest BCUT2D eigenvalue weighted by Crippen LogP contribution is -2.31. The molecule has 8 nitrogen and oxygen atoms in total. The van der Waals surface area contributed by atoms with Crippen molar-refractivity contribution in [3.8, 4) is 17.2 Å². The second kappa shape index (κ2) is 8.17. The molecule has 28 heavy (non-hydrogen) atoms. The first-order valence-electron chi connectivity index (χ1n) is 8.65. The van der Waals surface area contributed by atoms with E-state index in [0.717, 1.165) is 27.8 Å². The highest BCUT2D eigenvalue weighted by atomic mass is 32.2. The Hall–Kier alpha value is -2.62. The van der Waals surface area contributed by atoms with Crippen LogP contribution in [0.15, 0.2) is 56.4 Å². The maximum absolute atomic E-state index is 5.72. The minimum Gasteiger partial charge on any atom is -0.497 e. The van der Waals surface area contributed by atoms with Gasteiger partial charge < -0.3 is 18.6 Å². The van der Waals surface area contributed by atoms with Crippen molar-refractivity contribution in [3.05, 3.63) is 47.0 Å². The lowest BCUT2D eigenvalue weighted by molar-refractivity contribution is 0.0132. The molecule has 1 aromatic carbocycles. The predicted molar refractivity (Wildman–Crippen MR) is 108 cm³/mol. The van der Waals surface area contributed by atoms with Crippen molar-refractivity contribution < 1.29 is 18.6 Å². The fourth-order valence-corrected chi connectivity index (χ4v) is 3.84. The summed E-state index contributed by atoms with van der Waals surface area (Å²) >= 11 is 1.67. The molecule has 1 aliphatic carbocycles. The van der Waals surface area contributed by atoms with Gasteiger partial charge >= 0.3 is 6.01 Å². The lowest BCUT2D eigenvalue weighted by Gasteiger charge is -2.28. The molecule has 0 saturated carbocycles. The molecule has 9 heteroatoms. The first-order chi connectivity index (χ1) is 13.7. The summed E-state index contributed by atoms with van der Waals surface area (Å²) in [5.41, 5.74) is 1.67. The third-order valence-corrected chi connectivity index (χ3v) is 5.47. The Kier molecular flexibility index (Phi) is 5.47. The average molecular weight is 400 g/mol. The maximum atomic E-state index is 5.72. The van der Waals surface area contributed by atoms with Crippen molar-refractivity contribution in [2.75, 3.05) is 32.4 Å². The Morgan fingerprint density at radius 2 is 1.79 bits per heavy atom. The van der Waals surface area contributed by atoms with Crippen molar-refractivity contribution in [2.45, 2.75) is 12.2 Å². The fraction of sp³-hybridized carbons (Fsp3) is 0.316. The molecule has 0 fully saturated rings. The number of aromatic nitrogens is 2. The molecule has 1 N–H and O–H groups in total. The summed E-state index contributed by atoms with van der Waals surface area (Å²) in [4.78, 5) is 5.75. The van der Waals surface area contributed by atoms with Crippen molar-refractivity contribution in [1.82, 2.24) is 10.2 Å². The minimum absolute atomic E-state index is 0.107. The van der Waals surface area contributed by atoms with E-state index in [1.165, 1.54) is 0 Å². The Morgan fingerprint density at radius 3 is 2.50 bits per heavy atom. The number of anilines is 1.